The lowest BCUT2D eigenvalue weighted by Crippen LogP contribution is -2.28. The van der Waals surface area contributed by atoms with Crippen LogP contribution in [0, 0.1) is 0 Å². The van der Waals surface area contributed by atoms with Crippen molar-refractivity contribution in [2.75, 3.05) is 0 Å². The largest absolute Gasteiger partial charge is 0.469 e. The minimum absolute atomic E-state index is 0.336. The molecule has 1 aromatic rings. The molecule has 1 fully saturated rings. The predicted octanol–water partition coefficient (Wildman–Crippen LogP) is 3.12. The summed E-state index contributed by atoms with van der Waals surface area (Å²) >= 11 is 0. The van der Waals surface area contributed by atoms with Gasteiger partial charge in [0, 0.05) is 12.0 Å². The number of nitrogens with one attached hydrogen (secondary N) is 1. The quantitative estimate of drug-likeness (QED) is 0.796. The molecule has 1 heterocycles. The van der Waals surface area contributed by atoms with Crippen LogP contribution in [-0.4, -0.2) is 6.10 Å². The van der Waals surface area contributed by atoms with Crippen molar-refractivity contribution in [3.05, 3.63) is 23.7 Å². The first-order valence-electron chi connectivity index (χ1n) is 6.41. The molecule has 0 bridgehead atoms. The van der Waals surface area contributed by atoms with Crippen LogP contribution in [0.1, 0.15) is 55.9 Å². The number of hydrogen-bond donors (Lipinski definition) is 1. The lowest BCUT2D eigenvalue weighted by Gasteiger charge is -2.24. The van der Waals surface area contributed by atoms with Crippen molar-refractivity contribution < 1.29 is 9.25 Å². The minimum Gasteiger partial charge on any atom is -0.469 e. The van der Waals surface area contributed by atoms with E-state index < -0.39 is 0 Å². The molecule has 0 radical (unpaired) electrons. The third-order valence-electron chi connectivity index (χ3n) is 3.73. The molecule has 0 aliphatic heterocycles. The van der Waals surface area contributed by atoms with E-state index in [1.807, 2.05) is 0 Å². The van der Waals surface area contributed by atoms with E-state index in [-0.39, 0.29) is 0 Å². The lowest BCUT2D eigenvalue weighted by molar-refractivity contribution is -0.0439. The van der Waals surface area contributed by atoms with Gasteiger partial charge in [0.15, 0.2) is 0 Å². The van der Waals surface area contributed by atoms with Crippen molar-refractivity contribution in [2.45, 2.75) is 57.1 Å². The molecule has 0 spiro atoms. The van der Waals surface area contributed by atoms with Crippen LogP contribution in [0.2, 0.25) is 0 Å². The van der Waals surface area contributed by atoms with Crippen LogP contribution in [0.25, 0.3) is 0 Å². The highest BCUT2D eigenvalue weighted by molar-refractivity contribution is 5.23. The molecule has 3 rings (SSSR count). The fourth-order valence-electron chi connectivity index (χ4n) is 2.79. The van der Waals surface area contributed by atoms with Crippen LogP contribution in [0.15, 0.2) is 16.7 Å². The van der Waals surface area contributed by atoms with Crippen LogP contribution in [-0.2, 0) is 11.3 Å². The smallest absolute Gasteiger partial charge is 0.108 e. The zero-order valence-electron chi connectivity index (χ0n) is 9.58. The van der Waals surface area contributed by atoms with E-state index in [1.54, 1.807) is 6.26 Å². The Balaban J connectivity index is 1.59. The molecule has 3 nitrogen and oxygen atoms in total. The Morgan fingerprint density at radius 3 is 2.94 bits per heavy atom. The Bertz CT molecular complexity index is 341. The number of furan rings is 1. The van der Waals surface area contributed by atoms with Gasteiger partial charge in [0.1, 0.15) is 5.76 Å². The first-order valence-corrected chi connectivity index (χ1v) is 6.41. The van der Waals surface area contributed by atoms with Crippen LogP contribution < -0.4 is 5.48 Å². The molecule has 1 unspecified atom stereocenters. The first-order chi connectivity index (χ1) is 7.93. The van der Waals surface area contributed by atoms with Gasteiger partial charge in [0.25, 0.3) is 0 Å². The van der Waals surface area contributed by atoms with E-state index >= 15 is 0 Å². The summed E-state index contributed by atoms with van der Waals surface area (Å²) in [7, 11) is 0. The van der Waals surface area contributed by atoms with Crippen molar-refractivity contribution in [3.63, 3.8) is 0 Å². The lowest BCUT2D eigenvalue weighted by atomic mass is 9.94. The summed E-state index contributed by atoms with van der Waals surface area (Å²) in [5.41, 5.74) is 4.54. The summed E-state index contributed by atoms with van der Waals surface area (Å²) < 4.78 is 5.46. The first kappa shape index (κ1) is 10.4. The second-order valence-electron chi connectivity index (χ2n) is 4.89. The second-order valence-corrected chi connectivity index (χ2v) is 4.89. The monoisotopic (exact) mass is 221 g/mol. The predicted molar refractivity (Wildman–Crippen MR) is 60.9 cm³/mol. The Hall–Kier alpha value is -0.800. The Morgan fingerprint density at radius 2 is 2.06 bits per heavy atom. The molecule has 3 heteroatoms. The van der Waals surface area contributed by atoms with Gasteiger partial charge in [-0.25, -0.2) is 0 Å². The number of hydroxylamine groups is 1. The molecular weight excluding hydrogens is 202 g/mol. The fourth-order valence-corrected chi connectivity index (χ4v) is 2.79. The summed E-state index contributed by atoms with van der Waals surface area (Å²) in [6.45, 7) is 0. The standard InChI is InChI=1S/C13H19NO2/c1-2-5-10(4-1)16-14-12-6-3-7-13-11(12)8-9-15-13/h8-10,12,14H,1-7H2. The van der Waals surface area contributed by atoms with Crippen molar-refractivity contribution in [1.82, 2.24) is 5.48 Å². The zero-order chi connectivity index (χ0) is 10.8. The molecular formula is C13H19NO2. The molecule has 2 aliphatic rings. The maximum atomic E-state index is 5.78. The number of hydrogen-bond acceptors (Lipinski definition) is 3. The van der Waals surface area contributed by atoms with Gasteiger partial charge in [0.05, 0.1) is 18.4 Å². The van der Waals surface area contributed by atoms with Crippen molar-refractivity contribution in [2.24, 2.45) is 0 Å². The van der Waals surface area contributed by atoms with Gasteiger partial charge in [-0.1, -0.05) is 12.8 Å². The Kier molecular flexibility index (Phi) is 2.98. The minimum atomic E-state index is 0.336. The van der Waals surface area contributed by atoms with Crippen molar-refractivity contribution in [3.8, 4) is 0 Å². The van der Waals surface area contributed by atoms with Crippen LogP contribution in [0.3, 0.4) is 0 Å². The highest BCUT2D eigenvalue weighted by atomic mass is 16.7. The summed E-state index contributed by atoms with van der Waals surface area (Å²) in [5, 5.41) is 0. The number of rotatable bonds is 3. The van der Waals surface area contributed by atoms with E-state index in [4.69, 9.17) is 9.25 Å². The summed E-state index contributed by atoms with van der Waals surface area (Å²) in [5.74, 6) is 1.14. The van der Waals surface area contributed by atoms with Crippen molar-refractivity contribution in [1.29, 1.82) is 0 Å². The molecule has 0 amide bonds. The van der Waals surface area contributed by atoms with Gasteiger partial charge in [-0.15, -0.1) is 0 Å². The third-order valence-corrected chi connectivity index (χ3v) is 3.73. The molecule has 88 valence electrons. The molecule has 1 N–H and O–H groups in total. The molecule has 0 saturated heterocycles. The van der Waals surface area contributed by atoms with E-state index in [1.165, 1.54) is 37.7 Å². The molecule has 0 aromatic carbocycles. The van der Waals surface area contributed by atoms with Gasteiger partial charge in [-0.05, 0) is 31.7 Å². The zero-order valence-corrected chi connectivity index (χ0v) is 9.58. The van der Waals surface area contributed by atoms with Crippen molar-refractivity contribution >= 4 is 0 Å². The molecule has 2 aliphatic carbocycles. The molecule has 1 saturated carbocycles. The Morgan fingerprint density at radius 1 is 1.19 bits per heavy atom. The van der Waals surface area contributed by atoms with Crippen LogP contribution in [0.5, 0.6) is 0 Å². The van der Waals surface area contributed by atoms with E-state index in [0.717, 1.165) is 18.6 Å². The van der Waals surface area contributed by atoms with Gasteiger partial charge in [-0.3, -0.25) is 4.84 Å². The summed E-state index contributed by atoms with van der Waals surface area (Å²) in [4.78, 5) is 5.78. The third kappa shape index (κ3) is 2.02. The maximum Gasteiger partial charge on any atom is 0.108 e. The van der Waals surface area contributed by atoms with Crippen LogP contribution in [0.4, 0.5) is 0 Å². The van der Waals surface area contributed by atoms with Crippen LogP contribution >= 0.6 is 0 Å². The van der Waals surface area contributed by atoms with Gasteiger partial charge >= 0.3 is 0 Å². The van der Waals surface area contributed by atoms with E-state index in [9.17, 15) is 0 Å². The van der Waals surface area contributed by atoms with E-state index in [2.05, 4.69) is 11.5 Å². The van der Waals surface area contributed by atoms with Gasteiger partial charge in [-0.2, -0.15) is 5.48 Å². The molecule has 1 atom stereocenters. The fraction of sp³-hybridized carbons (Fsp3) is 0.692. The van der Waals surface area contributed by atoms with Gasteiger partial charge in [0.2, 0.25) is 0 Å². The topological polar surface area (TPSA) is 34.4 Å². The second kappa shape index (κ2) is 4.60. The number of fused-ring (bicyclic) bond motifs is 1. The average molecular weight is 221 g/mol. The summed E-state index contributed by atoms with van der Waals surface area (Å²) in [6.07, 6.45) is 10.7. The SMILES string of the molecule is c1cc2c(o1)CCCC2NOC1CCCC1. The van der Waals surface area contributed by atoms with Gasteiger partial charge < -0.3 is 4.42 Å². The molecule has 1 aromatic heterocycles. The number of aryl methyl sites for hydroxylation is 1. The average Bonchev–Trinajstić information content (AvgIpc) is 2.97. The van der Waals surface area contributed by atoms with E-state index in [0.29, 0.717) is 12.1 Å². The Labute approximate surface area is 96.1 Å². The molecule has 16 heavy (non-hydrogen) atoms. The highest BCUT2D eigenvalue weighted by Gasteiger charge is 2.24. The normalized spacial score (nSPS) is 25.9. The summed E-state index contributed by atoms with van der Waals surface area (Å²) in [6, 6.07) is 2.41. The highest BCUT2D eigenvalue weighted by Crippen LogP contribution is 2.31. The maximum absolute atomic E-state index is 5.78.